The summed E-state index contributed by atoms with van der Waals surface area (Å²) in [6.45, 7) is 16.7. The average molecular weight is 797 g/mol. The molecular formula is C45H74F2N8O2. The molecule has 1 saturated heterocycles. The zero-order chi connectivity index (χ0) is 41.6. The van der Waals surface area contributed by atoms with E-state index in [1.165, 1.54) is 0 Å². The van der Waals surface area contributed by atoms with E-state index >= 15 is 0 Å². The topological polar surface area (TPSA) is 119 Å². The normalized spacial score (nSPS) is 18.0. The predicted octanol–water partition coefficient (Wildman–Crippen LogP) is 7.70. The number of amides is 2. The summed E-state index contributed by atoms with van der Waals surface area (Å²) < 4.78 is 27.7. The van der Waals surface area contributed by atoms with Gasteiger partial charge in [0.2, 0.25) is 17.7 Å². The van der Waals surface area contributed by atoms with Crippen molar-refractivity contribution in [2.45, 2.75) is 148 Å². The van der Waals surface area contributed by atoms with Crippen molar-refractivity contribution < 1.29 is 18.4 Å². The van der Waals surface area contributed by atoms with Gasteiger partial charge < -0.3 is 25.3 Å². The molecule has 3 unspecified atom stereocenters. The standard InChI is InChI=1S/C45H74F2N8O2/c1-6-9-10-15-28-52-31-33-53(34-32-52)29-16-14-27-50-43(56)21-20-42(49)55(41(48)8-3)37(5)35-54(36(4)17-7-2)30-24-40(38-18-12-11-13-19-38)51-44(57)39-22-25-45(46,47)26-23-39/h1,11-13,18-19,36-37,39-40,48-49H,7-10,14-17,20-35H2,2-5H3,(H,50,56)(H,51,57). The molecule has 320 valence electrons. The van der Waals surface area contributed by atoms with Crippen LogP contribution in [-0.2, 0) is 9.59 Å². The van der Waals surface area contributed by atoms with E-state index in [0.717, 1.165) is 89.8 Å². The van der Waals surface area contributed by atoms with E-state index in [-0.39, 0.29) is 74.3 Å². The maximum atomic E-state index is 13.8. The third-order valence-electron chi connectivity index (χ3n) is 11.8. The first-order valence-corrected chi connectivity index (χ1v) is 21.9. The van der Waals surface area contributed by atoms with E-state index < -0.39 is 11.8 Å². The van der Waals surface area contributed by atoms with Gasteiger partial charge in [-0.05, 0) is 83.9 Å². The lowest BCUT2D eigenvalue weighted by Gasteiger charge is -2.38. The molecule has 0 radical (unpaired) electrons. The fraction of sp³-hybridized carbons (Fsp3) is 0.733. The second-order valence-corrected chi connectivity index (χ2v) is 16.4. The smallest absolute Gasteiger partial charge is 0.248 e. The van der Waals surface area contributed by atoms with Gasteiger partial charge in [-0.15, -0.1) is 12.3 Å². The van der Waals surface area contributed by atoms with Crippen molar-refractivity contribution in [2.24, 2.45) is 5.92 Å². The van der Waals surface area contributed by atoms with Crippen molar-refractivity contribution >= 4 is 23.5 Å². The molecule has 1 saturated carbocycles. The molecule has 3 atom stereocenters. The third kappa shape index (κ3) is 17.6. The molecule has 1 aromatic rings. The monoisotopic (exact) mass is 797 g/mol. The van der Waals surface area contributed by atoms with E-state index in [1.54, 1.807) is 4.90 Å². The Morgan fingerprint density at radius 3 is 2.14 bits per heavy atom. The minimum atomic E-state index is -2.69. The summed E-state index contributed by atoms with van der Waals surface area (Å²) in [7, 11) is 0. The van der Waals surface area contributed by atoms with E-state index in [4.69, 9.17) is 17.2 Å². The molecule has 3 rings (SSSR count). The van der Waals surface area contributed by atoms with Gasteiger partial charge in [-0.2, -0.15) is 0 Å². The Labute approximate surface area is 343 Å². The van der Waals surface area contributed by atoms with Crippen LogP contribution in [0.3, 0.4) is 0 Å². The van der Waals surface area contributed by atoms with Gasteiger partial charge in [-0.3, -0.25) is 25.3 Å². The maximum absolute atomic E-state index is 13.8. The quantitative estimate of drug-likeness (QED) is 0.0349. The number of nitrogens with one attached hydrogen (secondary N) is 4. The van der Waals surface area contributed by atoms with Gasteiger partial charge in [-0.1, -0.05) is 50.6 Å². The van der Waals surface area contributed by atoms with Crippen LogP contribution in [0.4, 0.5) is 8.78 Å². The fourth-order valence-corrected chi connectivity index (χ4v) is 8.20. The molecular weight excluding hydrogens is 723 g/mol. The van der Waals surface area contributed by atoms with Crippen molar-refractivity contribution in [1.82, 2.24) is 30.2 Å². The first-order valence-electron chi connectivity index (χ1n) is 21.9. The van der Waals surface area contributed by atoms with Crippen molar-refractivity contribution in [1.29, 1.82) is 10.8 Å². The minimum Gasteiger partial charge on any atom is -0.356 e. The Morgan fingerprint density at radius 1 is 0.912 bits per heavy atom. The molecule has 2 fully saturated rings. The lowest BCUT2D eigenvalue weighted by molar-refractivity contribution is -0.130. The summed E-state index contributed by atoms with van der Waals surface area (Å²) in [6, 6.07) is 9.60. The van der Waals surface area contributed by atoms with Crippen molar-refractivity contribution in [3.8, 4) is 12.3 Å². The van der Waals surface area contributed by atoms with Gasteiger partial charge in [0.25, 0.3) is 0 Å². The molecule has 0 aromatic heterocycles. The maximum Gasteiger partial charge on any atom is 0.248 e. The molecule has 10 nitrogen and oxygen atoms in total. The number of hydrogen-bond acceptors (Lipinski definition) is 7. The van der Waals surface area contributed by atoms with Crippen molar-refractivity contribution in [2.75, 3.05) is 58.9 Å². The number of nitrogens with zero attached hydrogens (tertiary/aromatic N) is 4. The zero-order valence-electron chi connectivity index (χ0n) is 35.6. The molecule has 12 heteroatoms. The third-order valence-corrected chi connectivity index (χ3v) is 11.8. The lowest BCUT2D eigenvalue weighted by atomic mass is 9.86. The molecule has 0 bridgehead atoms. The van der Waals surface area contributed by atoms with E-state index in [0.29, 0.717) is 38.3 Å². The predicted molar refractivity (Wildman–Crippen MR) is 229 cm³/mol. The van der Waals surface area contributed by atoms with Crippen LogP contribution in [0.5, 0.6) is 0 Å². The van der Waals surface area contributed by atoms with E-state index in [1.807, 2.05) is 44.2 Å². The lowest BCUT2D eigenvalue weighted by Crippen LogP contribution is -2.50. The average Bonchev–Trinajstić information content (AvgIpc) is 3.20. The summed E-state index contributed by atoms with van der Waals surface area (Å²) in [4.78, 5) is 35.4. The Hall–Kier alpha value is -3.40. The number of terminal acetylenes is 1. The fourth-order valence-electron chi connectivity index (χ4n) is 8.20. The van der Waals surface area contributed by atoms with Crippen LogP contribution in [0.15, 0.2) is 30.3 Å². The summed E-state index contributed by atoms with van der Waals surface area (Å²) in [5.74, 6) is 0.0224. The SMILES string of the molecule is C#CCCCCN1CCN(CCCCNC(=O)CCC(=N)N(C(=N)CC)C(C)CN(CCC(NC(=O)C2CCC(F)(F)CC2)c2ccccc2)C(C)CCC)CC1. The molecule has 57 heavy (non-hydrogen) atoms. The highest BCUT2D eigenvalue weighted by Gasteiger charge is 2.38. The second kappa shape index (κ2) is 25.9. The first-order chi connectivity index (χ1) is 27.4. The molecule has 1 aromatic carbocycles. The van der Waals surface area contributed by atoms with Crippen molar-refractivity contribution in [3.05, 3.63) is 35.9 Å². The molecule has 4 N–H and O–H groups in total. The highest BCUT2D eigenvalue weighted by atomic mass is 19.3. The number of rotatable bonds is 25. The summed E-state index contributed by atoms with van der Waals surface area (Å²) in [5.41, 5.74) is 0.981. The molecule has 0 spiro atoms. The number of carbonyl (C=O) groups excluding carboxylic acids is 2. The van der Waals surface area contributed by atoms with E-state index in [9.17, 15) is 18.4 Å². The Morgan fingerprint density at radius 2 is 1.54 bits per heavy atom. The number of alkyl halides is 2. The van der Waals surface area contributed by atoms with Gasteiger partial charge in [0.15, 0.2) is 0 Å². The number of benzene rings is 1. The van der Waals surface area contributed by atoms with Gasteiger partial charge >= 0.3 is 0 Å². The van der Waals surface area contributed by atoms with Crippen LogP contribution in [0.2, 0.25) is 0 Å². The first kappa shape index (κ1) is 48.0. The van der Waals surface area contributed by atoms with Crippen LogP contribution in [0, 0.1) is 29.1 Å². The summed E-state index contributed by atoms with van der Waals surface area (Å²) in [5, 5.41) is 24.1. The van der Waals surface area contributed by atoms with Gasteiger partial charge in [0.05, 0.1) is 6.04 Å². The number of amidine groups is 2. The number of carbonyl (C=O) groups is 2. The number of halogens is 2. The van der Waals surface area contributed by atoms with E-state index in [2.05, 4.69) is 45.1 Å². The van der Waals surface area contributed by atoms with Crippen LogP contribution < -0.4 is 10.6 Å². The van der Waals surface area contributed by atoms with Gasteiger partial charge in [0.1, 0.15) is 11.7 Å². The Bertz CT molecular complexity index is 1390. The van der Waals surface area contributed by atoms with Crippen LogP contribution >= 0.6 is 0 Å². The molecule has 1 heterocycles. The highest BCUT2D eigenvalue weighted by Crippen LogP contribution is 2.36. The number of hydrogen-bond donors (Lipinski definition) is 4. The van der Waals surface area contributed by atoms with Crippen LogP contribution in [-0.4, -0.2) is 120 Å². The van der Waals surface area contributed by atoms with Crippen LogP contribution in [0.1, 0.15) is 136 Å². The van der Waals surface area contributed by atoms with Gasteiger partial charge in [-0.25, -0.2) is 8.78 Å². The van der Waals surface area contributed by atoms with Gasteiger partial charge in [0, 0.05) is 102 Å². The largest absolute Gasteiger partial charge is 0.356 e. The summed E-state index contributed by atoms with van der Waals surface area (Å²) >= 11 is 0. The number of unbranched alkanes of at least 4 members (excludes halogenated alkanes) is 3. The molecule has 1 aliphatic carbocycles. The number of piperazine rings is 1. The van der Waals surface area contributed by atoms with Crippen molar-refractivity contribution in [3.63, 3.8) is 0 Å². The molecule has 2 amide bonds. The minimum absolute atomic E-state index is 0.0667. The Kier molecular flexibility index (Phi) is 21.8. The molecule has 2 aliphatic rings. The zero-order valence-corrected chi connectivity index (χ0v) is 35.6. The van der Waals surface area contributed by atoms with Crippen LogP contribution in [0.25, 0.3) is 0 Å². The Balaban J connectivity index is 1.49. The highest BCUT2D eigenvalue weighted by molar-refractivity contribution is 5.99. The second-order valence-electron chi connectivity index (χ2n) is 16.4. The summed E-state index contributed by atoms with van der Waals surface area (Å²) in [6.07, 6.45) is 13.9. The molecule has 1 aliphatic heterocycles.